The van der Waals surface area contributed by atoms with Gasteiger partial charge >= 0.3 is 0 Å². The van der Waals surface area contributed by atoms with Crippen molar-refractivity contribution < 1.29 is 13.7 Å². The molecule has 0 unspecified atom stereocenters. The van der Waals surface area contributed by atoms with Gasteiger partial charge in [-0.15, -0.1) is 0 Å². The molecule has 1 saturated carbocycles. The summed E-state index contributed by atoms with van der Waals surface area (Å²) in [5.41, 5.74) is 2.31. The third kappa shape index (κ3) is 3.49. The molecule has 132 valence electrons. The van der Waals surface area contributed by atoms with Crippen LogP contribution in [0, 0.1) is 12.7 Å². The fourth-order valence-electron chi connectivity index (χ4n) is 2.87. The highest BCUT2D eigenvalue weighted by atomic mass is 19.1. The molecular formula is C20H18FN3O2. The molecule has 3 aromatic rings. The van der Waals surface area contributed by atoms with Gasteiger partial charge in [0, 0.05) is 23.7 Å². The number of carbonyl (C=O) groups excluding carboxylic acids is 1. The molecule has 26 heavy (non-hydrogen) atoms. The Kier molecular flexibility index (Phi) is 4.24. The zero-order chi connectivity index (χ0) is 18.1. The number of aryl methyl sites for hydroxylation is 1. The standard InChI is InChI=1S/C20H18FN3O2/c1-13-22-19(26-23-13)15-4-6-16(7-5-15)20(25)24(18-10-11-18)12-14-2-8-17(21)9-3-14/h2-9,18H,10-12H2,1H3. The summed E-state index contributed by atoms with van der Waals surface area (Å²) in [5.74, 6) is 0.709. The van der Waals surface area contributed by atoms with Crippen molar-refractivity contribution in [2.24, 2.45) is 0 Å². The number of benzene rings is 2. The Labute approximate surface area is 150 Å². The van der Waals surface area contributed by atoms with E-state index in [1.807, 2.05) is 17.0 Å². The number of hydrogen-bond acceptors (Lipinski definition) is 4. The number of amides is 1. The molecule has 5 nitrogen and oxygen atoms in total. The maximum atomic E-state index is 13.1. The lowest BCUT2D eigenvalue weighted by atomic mass is 10.1. The van der Waals surface area contributed by atoms with Gasteiger partial charge in [-0.25, -0.2) is 4.39 Å². The van der Waals surface area contributed by atoms with Gasteiger partial charge < -0.3 is 9.42 Å². The molecule has 0 N–H and O–H groups in total. The summed E-state index contributed by atoms with van der Waals surface area (Å²) in [4.78, 5) is 19.0. The summed E-state index contributed by atoms with van der Waals surface area (Å²) in [6, 6.07) is 13.7. The van der Waals surface area contributed by atoms with Gasteiger partial charge in [-0.05, 0) is 61.7 Å². The van der Waals surface area contributed by atoms with E-state index >= 15 is 0 Å². The first kappa shape index (κ1) is 16.4. The number of rotatable bonds is 5. The third-order valence-corrected chi connectivity index (χ3v) is 4.42. The highest BCUT2D eigenvalue weighted by Crippen LogP contribution is 2.30. The van der Waals surface area contributed by atoms with Crippen LogP contribution < -0.4 is 0 Å². The number of halogens is 1. The largest absolute Gasteiger partial charge is 0.334 e. The van der Waals surface area contributed by atoms with Crippen LogP contribution in [-0.2, 0) is 6.54 Å². The Morgan fingerprint density at radius 2 is 1.85 bits per heavy atom. The Balaban J connectivity index is 1.53. The monoisotopic (exact) mass is 351 g/mol. The van der Waals surface area contributed by atoms with E-state index in [1.165, 1.54) is 12.1 Å². The molecule has 2 aromatic carbocycles. The maximum Gasteiger partial charge on any atom is 0.257 e. The zero-order valence-electron chi connectivity index (χ0n) is 14.4. The molecule has 1 aliphatic carbocycles. The van der Waals surface area contributed by atoms with Crippen LogP contribution in [0.1, 0.15) is 34.6 Å². The highest BCUT2D eigenvalue weighted by molar-refractivity contribution is 5.95. The summed E-state index contributed by atoms with van der Waals surface area (Å²) >= 11 is 0. The molecule has 0 aliphatic heterocycles. The van der Waals surface area contributed by atoms with Crippen LogP contribution in [0.15, 0.2) is 53.1 Å². The topological polar surface area (TPSA) is 59.2 Å². The van der Waals surface area contributed by atoms with Crippen LogP contribution in [-0.4, -0.2) is 27.0 Å². The minimum Gasteiger partial charge on any atom is -0.334 e. The second kappa shape index (κ2) is 6.71. The fraction of sp³-hybridized carbons (Fsp3) is 0.250. The lowest BCUT2D eigenvalue weighted by Crippen LogP contribution is -2.32. The van der Waals surface area contributed by atoms with Gasteiger partial charge in [-0.3, -0.25) is 4.79 Å². The van der Waals surface area contributed by atoms with E-state index in [1.54, 1.807) is 31.2 Å². The van der Waals surface area contributed by atoms with E-state index in [2.05, 4.69) is 10.1 Å². The van der Waals surface area contributed by atoms with Gasteiger partial charge in [0.25, 0.3) is 11.8 Å². The minimum absolute atomic E-state index is 0.0231. The van der Waals surface area contributed by atoms with Gasteiger partial charge in [0.1, 0.15) is 5.82 Å². The predicted octanol–water partition coefficient (Wildman–Crippen LogP) is 3.99. The van der Waals surface area contributed by atoms with Crippen molar-refractivity contribution in [2.75, 3.05) is 0 Å². The smallest absolute Gasteiger partial charge is 0.257 e. The van der Waals surface area contributed by atoms with Crippen LogP contribution in [0.3, 0.4) is 0 Å². The summed E-state index contributed by atoms with van der Waals surface area (Å²) in [7, 11) is 0. The van der Waals surface area contributed by atoms with E-state index in [4.69, 9.17) is 4.52 Å². The summed E-state index contributed by atoms with van der Waals surface area (Å²) in [6.07, 6.45) is 2.01. The zero-order valence-corrected chi connectivity index (χ0v) is 14.4. The number of hydrogen-bond donors (Lipinski definition) is 0. The van der Waals surface area contributed by atoms with Crippen LogP contribution in [0.5, 0.6) is 0 Å². The predicted molar refractivity (Wildman–Crippen MR) is 93.8 cm³/mol. The van der Waals surface area contributed by atoms with Crippen LogP contribution >= 0.6 is 0 Å². The third-order valence-electron chi connectivity index (χ3n) is 4.42. The highest BCUT2D eigenvalue weighted by Gasteiger charge is 2.33. The summed E-state index contributed by atoms with van der Waals surface area (Å²) in [6.45, 7) is 2.24. The van der Waals surface area contributed by atoms with Crippen molar-refractivity contribution in [2.45, 2.75) is 32.4 Å². The minimum atomic E-state index is -0.273. The molecule has 0 radical (unpaired) electrons. The van der Waals surface area contributed by atoms with E-state index in [0.29, 0.717) is 23.8 Å². The average molecular weight is 351 g/mol. The van der Waals surface area contributed by atoms with Crippen molar-refractivity contribution in [3.8, 4) is 11.5 Å². The Bertz CT molecular complexity index is 915. The van der Waals surface area contributed by atoms with Gasteiger partial charge in [0.15, 0.2) is 5.82 Å². The first-order valence-corrected chi connectivity index (χ1v) is 8.56. The van der Waals surface area contributed by atoms with Gasteiger partial charge in [0.05, 0.1) is 0 Å². The Hall–Kier alpha value is -3.02. The van der Waals surface area contributed by atoms with Crippen molar-refractivity contribution in [1.82, 2.24) is 15.0 Å². The van der Waals surface area contributed by atoms with Gasteiger partial charge in [-0.1, -0.05) is 17.3 Å². The molecule has 0 spiro atoms. The van der Waals surface area contributed by atoms with Crippen molar-refractivity contribution >= 4 is 5.91 Å². The lowest BCUT2D eigenvalue weighted by molar-refractivity contribution is 0.0730. The first-order chi connectivity index (χ1) is 12.6. The second-order valence-corrected chi connectivity index (χ2v) is 6.51. The normalized spacial score (nSPS) is 13.6. The molecule has 1 fully saturated rings. The number of nitrogens with zero attached hydrogens (tertiary/aromatic N) is 3. The molecular weight excluding hydrogens is 333 g/mol. The number of carbonyl (C=O) groups is 1. The molecule has 1 heterocycles. The molecule has 0 saturated heterocycles. The van der Waals surface area contributed by atoms with Crippen molar-refractivity contribution in [1.29, 1.82) is 0 Å². The van der Waals surface area contributed by atoms with Crippen molar-refractivity contribution in [3.63, 3.8) is 0 Å². The molecule has 6 heteroatoms. The van der Waals surface area contributed by atoms with E-state index in [9.17, 15) is 9.18 Å². The Morgan fingerprint density at radius 1 is 1.15 bits per heavy atom. The van der Waals surface area contributed by atoms with Crippen LogP contribution in [0.2, 0.25) is 0 Å². The quantitative estimate of drug-likeness (QED) is 0.697. The number of aromatic nitrogens is 2. The fourth-order valence-corrected chi connectivity index (χ4v) is 2.87. The molecule has 1 aliphatic rings. The maximum absolute atomic E-state index is 13.1. The lowest BCUT2D eigenvalue weighted by Gasteiger charge is -2.23. The molecule has 1 aromatic heterocycles. The first-order valence-electron chi connectivity index (χ1n) is 8.56. The molecule has 0 atom stereocenters. The van der Waals surface area contributed by atoms with Crippen LogP contribution in [0.4, 0.5) is 4.39 Å². The van der Waals surface area contributed by atoms with Gasteiger partial charge in [-0.2, -0.15) is 4.98 Å². The summed E-state index contributed by atoms with van der Waals surface area (Å²) in [5, 5.41) is 3.78. The van der Waals surface area contributed by atoms with Crippen molar-refractivity contribution in [3.05, 3.63) is 71.3 Å². The average Bonchev–Trinajstić information content (AvgIpc) is 3.41. The van der Waals surface area contributed by atoms with E-state index in [-0.39, 0.29) is 17.8 Å². The van der Waals surface area contributed by atoms with Crippen LogP contribution in [0.25, 0.3) is 11.5 Å². The molecule has 0 bridgehead atoms. The van der Waals surface area contributed by atoms with Gasteiger partial charge in [0.2, 0.25) is 0 Å². The summed E-state index contributed by atoms with van der Waals surface area (Å²) < 4.78 is 18.2. The SMILES string of the molecule is Cc1noc(-c2ccc(C(=O)N(Cc3ccc(F)cc3)C3CC3)cc2)n1. The molecule has 4 rings (SSSR count). The van der Waals surface area contributed by atoms with E-state index < -0.39 is 0 Å². The Morgan fingerprint density at radius 3 is 2.42 bits per heavy atom. The van der Waals surface area contributed by atoms with E-state index in [0.717, 1.165) is 24.0 Å². The second-order valence-electron chi connectivity index (χ2n) is 6.51. The molecule has 1 amide bonds.